The molecule has 0 fully saturated rings. The van der Waals surface area contributed by atoms with Crippen molar-refractivity contribution < 1.29 is 14.3 Å². The Kier molecular flexibility index (Phi) is 5.59. The van der Waals surface area contributed by atoms with Crippen LogP contribution in [0.5, 0.6) is 0 Å². The van der Waals surface area contributed by atoms with E-state index in [0.717, 1.165) is 6.07 Å². The first-order valence-electron chi connectivity index (χ1n) is 5.87. The second-order valence-electron chi connectivity index (χ2n) is 4.65. The maximum atomic E-state index is 13.4. The minimum absolute atomic E-state index is 0.0397. The Morgan fingerprint density at radius 3 is 2.37 bits per heavy atom. The van der Waals surface area contributed by atoms with Gasteiger partial charge in [0.15, 0.2) is 0 Å². The third kappa shape index (κ3) is 4.06. The number of carbonyl (C=O) groups is 1. The second-order valence-corrected chi connectivity index (χ2v) is 5.46. The van der Waals surface area contributed by atoms with E-state index in [4.69, 9.17) is 23.2 Å². The van der Waals surface area contributed by atoms with Gasteiger partial charge in [-0.15, -0.1) is 0 Å². The Labute approximate surface area is 121 Å². The topological polar surface area (TPSA) is 40.5 Å². The van der Waals surface area contributed by atoms with Crippen molar-refractivity contribution in [2.75, 3.05) is 6.54 Å². The zero-order valence-corrected chi connectivity index (χ0v) is 12.5. The summed E-state index contributed by atoms with van der Waals surface area (Å²) in [5, 5.41) is 9.37. The molecule has 1 aromatic carbocycles. The summed E-state index contributed by atoms with van der Waals surface area (Å²) >= 11 is 11.5. The molecular weight excluding hydrogens is 292 g/mol. The Hall–Kier alpha value is -0.840. The second kappa shape index (κ2) is 6.55. The molecule has 0 spiro atoms. The largest absolute Gasteiger partial charge is 0.392 e. The first-order chi connectivity index (χ1) is 8.73. The molecule has 1 unspecified atom stereocenters. The lowest BCUT2D eigenvalue weighted by atomic mass is 10.1. The molecule has 6 heteroatoms. The number of carbonyl (C=O) groups excluding carboxylic acids is 1. The summed E-state index contributed by atoms with van der Waals surface area (Å²) in [6, 6.07) is 2.08. The van der Waals surface area contributed by atoms with Crippen LogP contribution in [-0.4, -0.2) is 34.6 Å². The molecule has 0 aliphatic carbocycles. The first kappa shape index (κ1) is 16.2. The lowest BCUT2D eigenvalue weighted by Crippen LogP contribution is -2.41. The van der Waals surface area contributed by atoms with Crippen molar-refractivity contribution in [3.8, 4) is 0 Å². The van der Waals surface area contributed by atoms with Gasteiger partial charge in [-0.1, -0.05) is 23.2 Å². The molecule has 0 aliphatic rings. The third-order valence-electron chi connectivity index (χ3n) is 2.59. The molecule has 3 nitrogen and oxygen atoms in total. The van der Waals surface area contributed by atoms with E-state index in [1.807, 2.05) is 0 Å². The molecule has 0 aromatic heterocycles. The van der Waals surface area contributed by atoms with E-state index in [9.17, 15) is 14.3 Å². The van der Waals surface area contributed by atoms with Crippen LogP contribution in [0.1, 0.15) is 31.1 Å². The molecule has 1 rings (SSSR count). The summed E-state index contributed by atoms with van der Waals surface area (Å²) in [5.74, 6) is -1.13. The zero-order valence-electron chi connectivity index (χ0n) is 11.0. The number of benzene rings is 1. The Morgan fingerprint density at radius 2 is 1.89 bits per heavy atom. The predicted molar refractivity (Wildman–Crippen MR) is 74.3 cm³/mol. The van der Waals surface area contributed by atoms with Crippen LogP contribution in [0.25, 0.3) is 0 Å². The smallest absolute Gasteiger partial charge is 0.255 e. The quantitative estimate of drug-likeness (QED) is 0.867. The highest BCUT2D eigenvalue weighted by atomic mass is 35.5. The molecule has 1 aromatic rings. The molecular formula is C13H16Cl2FNO2. The lowest BCUT2D eigenvalue weighted by Gasteiger charge is -2.28. The number of hydrogen-bond acceptors (Lipinski definition) is 2. The van der Waals surface area contributed by atoms with Gasteiger partial charge in [0.25, 0.3) is 5.91 Å². The molecule has 1 amide bonds. The molecule has 19 heavy (non-hydrogen) atoms. The van der Waals surface area contributed by atoms with Gasteiger partial charge in [0, 0.05) is 12.6 Å². The number of amides is 1. The summed E-state index contributed by atoms with van der Waals surface area (Å²) in [4.78, 5) is 13.8. The number of rotatable bonds is 4. The van der Waals surface area contributed by atoms with Gasteiger partial charge in [0.2, 0.25) is 0 Å². The average molecular weight is 308 g/mol. The summed E-state index contributed by atoms with van der Waals surface area (Å²) < 4.78 is 13.4. The standard InChI is InChI=1S/C13H16Cl2FNO2/c1-7(2)17(6-8(3)18)13(19)9-4-12(16)11(15)5-10(9)14/h4-5,7-8,18H,6H2,1-3H3. The summed E-state index contributed by atoms with van der Waals surface area (Å²) in [6.45, 7) is 5.34. The van der Waals surface area contributed by atoms with Crippen LogP contribution in [0.4, 0.5) is 4.39 Å². The number of nitrogens with zero attached hydrogens (tertiary/aromatic N) is 1. The van der Waals surface area contributed by atoms with Gasteiger partial charge in [-0.3, -0.25) is 4.79 Å². The SMILES string of the molecule is CC(O)CN(C(=O)c1cc(F)c(Cl)cc1Cl)C(C)C. The number of halogens is 3. The van der Waals surface area contributed by atoms with Gasteiger partial charge < -0.3 is 10.0 Å². The molecule has 0 saturated heterocycles. The fourth-order valence-electron chi connectivity index (χ4n) is 1.65. The van der Waals surface area contributed by atoms with Gasteiger partial charge in [0.1, 0.15) is 5.82 Å². The summed E-state index contributed by atoms with van der Waals surface area (Å²) in [5.41, 5.74) is 0.0397. The fraction of sp³-hybridized carbons (Fsp3) is 0.462. The highest BCUT2D eigenvalue weighted by molar-refractivity contribution is 6.36. The molecule has 0 aliphatic heterocycles. The summed E-state index contributed by atoms with van der Waals surface area (Å²) in [6.07, 6.45) is -0.678. The van der Waals surface area contributed by atoms with Crippen LogP contribution in [0, 0.1) is 5.82 Å². The molecule has 1 N–H and O–H groups in total. The van der Waals surface area contributed by atoms with Gasteiger partial charge in [-0.2, -0.15) is 0 Å². The van der Waals surface area contributed by atoms with Gasteiger partial charge in [0.05, 0.1) is 21.7 Å². The van der Waals surface area contributed by atoms with Crippen LogP contribution in [0.2, 0.25) is 10.0 Å². The van der Waals surface area contributed by atoms with Crippen molar-refractivity contribution >= 4 is 29.1 Å². The van der Waals surface area contributed by atoms with E-state index >= 15 is 0 Å². The predicted octanol–water partition coefficient (Wildman–Crippen LogP) is 3.36. The van der Waals surface area contributed by atoms with Crippen molar-refractivity contribution in [3.63, 3.8) is 0 Å². The van der Waals surface area contributed by atoms with Crippen LogP contribution in [-0.2, 0) is 0 Å². The average Bonchev–Trinajstić information content (AvgIpc) is 2.29. The van der Waals surface area contributed by atoms with Crippen molar-refractivity contribution in [2.45, 2.75) is 32.9 Å². The third-order valence-corrected chi connectivity index (χ3v) is 3.19. The van der Waals surface area contributed by atoms with Gasteiger partial charge >= 0.3 is 0 Å². The van der Waals surface area contributed by atoms with E-state index < -0.39 is 17.8 Å². The maximum absolute atomic E-state index is 13.4. The van der Waals surface area contributed by atoms with Gasteiger partial charge in [-0.25, -0.2) is 4.39 Å². The van der Waals surface area contributed by atoms with Gasteiger partial charge in [-0.05, 0) is 32.9 Å². The van der Waals surface area contributed by atoms with E-state index in [2.05, 4.69) is 0 Å². The minimum atomic E-state index is -0.699. The van der Waals surface area contributed by atoms with E-state index in [-0.39, 0.29) is 28.2 Å². The highest BCUT2D eigenvalue weighted by Gasteiger charge is 2.23. The summed E-state index contributed by atoms with van der Waals surface area (Å²) in [7, 11) is 0. The monoisotopic (exact) mass is 307 g/mol. The Balaban J connectivity index is 3.13. The highest BCUT2D eigenvalue weighted by Crippen LogP contribution is 2.26. The molecule has 0 radical (unpaired) electrons. The van der Waals surface area contributed by atoms with E-state index in [1.54, 1.807) is 20.8 Å². The maximum Gasteiger partial charge on any atom is 0.255 e. The van der Waals surface area contributed by atoms with Crippen LogP contribution in [0.3, 0.4) is 0 Å². The molecule has 0 bridgehead atoms. The number of aliphatic hydroxyl groups excluding tert-OH is 1. The fourth-order valence-corrected chi connectivity index (χ4v) is 2.12. The van der Waals surface area contributed by atoms with Crippen molar-refractivity contribution in [3.05, 3.63) is 33.6 Å². The molecule has 0 heterocycles. The number of hydrogen-bond donors (Lipinski definition) is 1. The van der Waals surface area contributed by atoms with Crippen molar-refractivity contribution in [2.24, 2.45) is 0 Å². The lowest BCUT2D eigenvalue weighted by molar-refractivity contribution is 0.0578. The van der Waals surface area contributed by atoms with Crippen LogP contribution in [0.15, 0.2) is 12.1 Å². The molecule has 0 saturated carbocycles. The van der Waals surface area contributed by atoms with Crippen molar-refractivity contribution in [1.29, 1.82) is 0 Å². The van der Waals surface area contributed by atoms with Crippen LogP contribution < -0.4 is 0 Å². The normalized spacial score (nSPS) is 12.6. The molecule has 1 atom stereocenters. The first-order valence-corrected chi connectivity index (χ1v) is 6.63. The van der Waals surface area contributed by atoms with E-state index in [0.29, 0.717) is 0 Å². The number of aliphatic hydroxyl groups is 1. The Morgan fingerprint density at radius 1 is 1.32 bits per heavy atom. The minimum Gasteiger partial charge on any atom is -0.392 e. The molecule has 106 valence electrons. The Bertz CT molecular complexity index is 478. The van der Waals surface area contributed by atoms with E-state index in [1.165, 1.54) is 11.0 Å². The zero-order chi connectivity index (χ0) is 14.7. The van der Waals surface area contributed by atoms with Crippen molar-refractivity contribution in [1.82, 2.24) is 4.90 Å². The van der Waals surface area contributed by atoms with Crippen LogP contribution >= 0.6 is 23.2 Å².